The lowest BCUT2D eigenvalue weighted by Gasteiger charge is -2.39. The van der Waals surface area contributed by atoms with Crippen LogP contribution in [-0.2, 0) is 10.3 Å². The van der Waals surface area contributed by atoms with E-state index in [1.54, 1.807) is 6.20 Å². The summed E-state index contributed by atoms with van der Waals surface area (Å²) in [6, 6.07) is 32.6. The van der Waals surface area contributed by atoms with E-state index in [1.165, 1.54) is 11.3 Å². The fourth-order valence-electron chi connectivity index (χ4n) is 4.35. The van der Waals surface area contributed by atoms with E-state index < -0.39 is 5.60 Å². The molecule has 0 aliphatic carbocycles. The van der Waals surface area contributed by atoms with Gasteiger partial charge in [-0.2, -0.15) is 0 Å². The number of hydrogen-bond acceptors (Lipinski definition) is 5. The first-order valence-corrected chi connectivity index (χ1v) is 11.2. The number of aromatic nitrogens is 1. The summed E-state index contributed by atoms with van der Waals surface area (Å²) in [5.74, 6) is 0.511. The molecule has 154 valence electrons. The predicted octanol–water partition coefficient (Wildman–Crippen LogP) is 6.28. The van der Waals surface area contributed by atoms with Crippen LogP contribution in [0.1, 0.15) is 21.6 Å². The normalized spacial score (nSPS) is 14.4. The van der Waals surface area contributed by atoms with Crippen molar-refractivity contribution >= 4 is 38.8 Å². The van der Waals surface area contributed by atoms with Crippen LogP contribution in [-0.4, -0.2) is 10.9 Å². The van der Waals surface area contributed by atoms with Crippen molar-refractivity contribution in [2.45, 2.75) is 5.60 Å². The number of thiophene rings is 1. The monoisotopic (exact) mass is 433 g/mol. The molecule has 0 fully saturated rings. The summed E-state index contributed by atoms with van der Waals surface area (Å²) in [7, 11) is 0. The molecule has 5 aromatic rings. The van der Waals surface area contributed by atoms with Gasteiger partial charge in [-0.3, -0.25) is 0 Å². The standard InChI is InChI=1S/C27H19N3OS/c28-23-20-14-9-17-29-26(20)32-24(23)25-30-22-16-8-7-15-21(22)27(31-25,18-10-3-1-4-11-18)19-12-5-2-6-13-19/h1-17H,28H2. The van der Waals surface area contributed by atoms with Crippen molar-refractivity contribution < 1.29 is 4.74 Å². The van der Waals surface area contributed by atoms with E-state index in [1.807, 2.05) is 66.7 Å². The van der Waals surface area contributed by atoms with Gasteiger partial charge in [0, 0.05) is 28.3 Å². The Morgan fingerprint density at radius 3 is 2.09 bits per heavy atom. The highest BCUT2D eigenvalue weighted by Crippen LogP contribution is 2.49. The number of nitrogens with zero attached hydrogens (tertiary/aromatic N) is 2. The highest BCUT2D eigenvalue weighted by molar-refractivity contribution is 7.21. The first-order valence-electron chi connectivity index (χ1n) is 10.4. The smallest absolute Gasteiger partial charge is 0.235 e. The van der Waals surface area contributed by atoms with Crippen LogP contribution in [0, 0.1) is 0 Å². The molecule has 0 unspecified atom stereocenters. The Kier molecular flexibility index (Phi) is 4.30. The molecule has 0 radical (unpaired) electrons. The van der Waals surface area contributed by atoms with Gasteiger partial charge in [0.05, 0.1) is 11.4 Å². The van der Waals surface area contributed by atoms with Crippen molar-refractivity contribution in [3.05, 3.63) is 125 Å². The van der Waals surface area contributed by atoms with Crippen LogP contribution in [0.4, 0.5) is 11.4 Å². The zero-order valence-corrected chi connectivity index (χ0v) is 17.9. The average Bonchev–Trinajstić information content (AvgIpc) is 3.21. The van der Waals surface area contributed by atoms with E-state index in [2.05, 4.69) is 35.3 Å². The second kappa shape index (κ2) is 7.32. The van der Waals surface area contributed by atoms with Crippen LogP contribution in [0.15, 0.2) is 108 Å². The topological polar surface area (TPSA) is 60.5 Å². The summed E-state index contributed by atoms with van der Waals surface area (Å²) >= 11 is 1.50. The number of rotatable bonds is 3. The third-order valence-corrected chi connectivity index (χ3v) is 6.93. The number of hydrogen-bond donors (Lipinski definition) is 1. The number of aliphatic imine (C=N–C) groups is 1. The molecule has 0 atom stereocenters. The molecule has 0 saturated heterocycles. The second-order valence-electron chi connectivity index (χ2n) is 7.65. The quantitative estimate of drug-likeness (QED) is 0.364. The highest BCUT2D eigenvalue weighted by Gasteiger charge is 2.44. The van der Waals surface area contributed by atoms with Crippen LogP contribution in [0.2, 0.25) is 0 Å². The Bertz CT molecular complexity index is 1420. The zero-order chi connectivity index (χ0) is 21.5. The van der Waals surface area contributed by atoms with E-state index in [0.717, 1.165) is 37.5 Å². The summed E-state index contributed by atoms with van der Waals surface area (Å²) in [5.41, 5.74) is 10.3. The molecule has 5 heteroatoms. The summed E-state index contributed by atoms with van der Waals surface area (Å²) in [5, 5.41) is 0.919. The van der Waals surface area contributed by atoms with Crippen LogP contribution in [0.25, 0.3) is 10.2 Å². The number of fused-ring (bicyclic) bond motifs is 2. The Morgan fingerprint density at radius 2 is 1.41 bits per heavy atom. The van der Waals surface area contributed by atoms with Gasteiger partial charge in [-0.25, -0.2) is 9.98 Å². The summed E-state index contributed by atoms with van der Waals surface area (Å²) in [4.78, 5) is 11.1. The lowest BCUT2D eigenvalue weighted by Crippen LogP contribution is -2.37. The van der Waals surface area contributed by atoms with E-state index in [-0.39, 0.29) is 0 Å². The van der Waals surface area contributed by atoms with Gasteiger partial charge in [0.2, 0.25) is 5.90 Å². The fraction of sp³-hybridized carbons (Fsp3) is 0.0370. The Morgan fingerprint density at radius 1 is 0.750 bits per heavy atom. The summed E-state index contributed by atoms with van der Waals surface area (Å²) < 4.78 is 6.92. The number of anilines is 1. The first kappa shape index (κ1) is 18.8. The summed E-state index contributed by atoms with van der Waals surface area (Å²) in [6.45, 7) is 0. The molecule has 2 N–H and O–H groups in total. The second-order valence-corrected chi connectivity index (χ2v) is 8.65. The lowest BCUT2D eigenvalue weighted by molar-refractivity contribution is 0.138. The van der Waals surface area contributed by atoms with E-state index >= 15 is 0 Å². The summed E-state index contributed by atoms with van der Waals surface area (Å²) in [6.07, 6.45) is 1.78. The molecular formula is C27H19N3OS. The minimum Gasteiger partial charge on any atom is -0.455 e. The molecule has 1 aliphatic rings. The van der Waals surface area contributed by atoms with Crippen molar-refractivity contribution in [2.75, 3.05) is 5.73 Å². The zero-order valence-electron chi connectivity index (χ0n) is 17.1. The molecule has 6 rings (SSSR count). The van der Waals surface area contributed by atoms with Crippen LogP contribution in [0.5, 0.6) is 0 Å². The molecule has 0 spiro atoms. The van der Waals surface area contributed by atoms with Crippen LogP contribution >= 0.6 is 11.3 Å². The van der Waals surface area contributed by atoms with Gasteiger partial charge < -0.3 is 10.5 Å². The molecular weight excluding hydrogens is 414 g/mol. The number of nitrogens with two attached hydrogens (primary N) is 1. The van der Waals surface area contributed by atoms with Gasteiger partial charge in [-0.1, -0.05) is 78.9 Å². The van der Waals surface area contributed by atoms with E-state index in [9.17, 15) is 0 Å². The van der Waals surface area contributed by atoms with Crippen LogP contribution < -0.4 is 5.73 Å². The van der Waals surface area contributed by atoms with Crippen molar-refractivity contribution in [3.8, 4) is 0 Å². The molecule has 3 aromatic carbocycles. The minimum atomic E-state index is -0.855. The number of benzene rings is 3. The molecule has 3 heterocycles. The van der Waals surface area contributed by atoms with E-state index in [4.69, 9.17) is 15.5 Å². The van der Waals surface area contributed by atoms with Gasteiger partial charge >= 0.3 is 0 Å². The number of pyridine rings is 1. The van der Waals surface area contributed by atoms with Crippen molar-refractivity contribution in [1.82, 2.24) is 4.98 Å². The predicted molar refractivity (Wildman–Crippen MR) is 131 cm³/mol. The Hall–Kier alpha value is -3.96. The SMILES string of the molecule is Nc1c(C2=Nc3ccccc3C(c3ccccc3)(c3ccccc3)O2)sc2ncccc12. The molecule has 2 aromatic heterocycles. The molecule has 0 saturated carbocycles. The highest BCUT2D eigenvalue weighted by atomic mass is 32.1. The van der Waals surface area contributed by atoms with Crippen LogP contribution in [0.3, 0.4) is 0 Å². The first-order chi connectivity index (χ1) is 15.8. The minimum absolute atomic E-state index is 0.511. The van der Waals surface area contributed by atoms with Crippen molar-refractivity contribution in [2.24, 2.45) is 4.99 Å². The fourth-order valence-corrected chi connectivity index (χ4v) is 5.34. The van der Waals surface area contributed by atoms with E-state index in [0.29, 0.717) is 11.6 Å². The van der Waals surface area contributed by atoms with Gasteiger partial charge in [0.15, 0.2) is 5.60 Å². The van der Waals surface area contributed by atoms with Gasteiger partial charge in [0.25, 0.3) is 0 Å². The molecule has 1 aliphatic heterocycles. The molecule has 32 heavy (non-hydrogen) atoms. The molecule has 0 bridgehead atoms. The Balaban J connectivity index is 1.66. The van der Waals surface area contributed by atoms with Crippen molar-refractivity contribution in [1.29, 1.82) is 0 Å². The van der Waals surface area contributed by atoms with Gasteiger partial charge in [-0.05, 0) is 18.2 Å². The third-order valence-electron chi connectivity index (χ3n) is 5.81. The molecule has 4 nitrogen and oxygen atoms in total. The lowest BCUT2D eigenvalue weighted by atomic mass is 9.78. The van der Waals surface area contributed by atoms with Crippen molar-refractivity contribution in [3.63, 3.8) is 0 Å². The molecule has 0 amide bonds. The maximum Gasteiger partial charge on any atom is 0.235 e. The number of para-hydroxylation sites is 1. The third kappa shape index (κ3) is 2.75. The maximum atomic E-state index is 6.92. The van der Waals surface area contributed by atoms with Gasteiger partial charge in [-0.15, -0.1) is 11.3 Å². The maximum absolute atomic E-state index is 6.92. The van der Waals surface area contributed by atoms with Gasteiger partial charge in [0.1, 0.15) is 9.71 Å². The average molecular weight is 434 g/mol. The number of nitrogen functional groups attached to an aromatic ring is 1. The Labute approximate surface area is 189 Å². The largest absolute Gasteiger partial charge is 0.455 e. The number of ether oxygens (including phenoxy) is 1.